The third-order valence-electron chi connectivity index (χ3n) is 10.6. The Hall–Kier alpha value is -7.50. The summed E-state index contributed by atoms with van der Waals surface area (Å²) in [4.78, 5) is 76.0. The van der Waals surface area contributed by atoms with Crippen LogP contribution in [0.1, 0.15) is 118 Å². The van der Waals surface area contributed by atoms with Crippen molar-refractivity contribution in [2.24, 2.45) is 43.6 Å². The van der Waals surface area contributed by atoms with E-state index in [2.05, 4.69) is 20.6 Å². The molecule has 0 bridgehead atoms. The maximum Gasteiger partial charge on any atom is 0.320 e. The van der Waals surface area contributed by atoms with Crippen molar-refractivity contribution in [3.63, 3.8) is 0 Å². The molecule has 4 rings (SSSR count). The monoisotopic (exact) mass is 1140 g/mol. The first kappa shape index (κ1) is 71.5. The number of carboxylic acid groups (broad SMARTS) is 4. The third kappa shape index (κ3) is 36.4. The van der Waals surface area contributed by atoms with Crippen molar-refractivity contribution in [3.05, 3.63) is 136 Å². The van der Waals surface area contributed by atoms with E-state index >= 15 is 0 Å². The van der Waals surface area contributed by atoms with Crippen LogP contribution >= 0.6 is 11.8 Å². The molecule has 21 nitrogen and oxygen atoms in total. The molecule has 0 fully saturated rings. The molecule has 4 atom stereocenters. The number of carbonyl (C=O) groups excluding carboxylic acids is 1. The molecule has 12 N–H and O–H groups in total. The first-order valence-electron chi connectivity index (χ1n) is 26.3. The van der Waals surface area contributed by atoms with Gasteiger partial charge in [-0.3, -0.25) is 24.0 Å². The molecule has 0 heterocycles. The molecule has 0 spiro atoms. The second-order valence-corrected chi connectivity index (χ2v) is 20.5. The van der Waals surface area contributed by atoms with Gasteiger partial charge in [-0.05, 0) is 152 Å². The largest absolute Gasteiger partial charge is 0.480 e. The molecule has 4 unspecified atom stereocenters. The lowest BCUT2D eigenvalue weighted by atomic mass is 10.0. The fourth-order valence-electron chi connectivity index (χ4n) is 6.46. The van der Waals surface area contributed by atoms with E-state index in [1.165, 1.54) is 11.1 Å². The third-order valence-corrected chi connectivity index (χ3v) is 11.6. The van der Waals surface area contributed by atoms with E-state index in [1.54, 1.807) is 36.0 Å². The van der Waals surface area contributed by atoms with Gasteiger partial charge in [-0.1, -0.05) is 106 Å². The average molecular weight is 1150 g/mol. The Morgan fingerprint density at radius 2 is 0.679 bits per heavy atom. The molecule has 444 valence electrons. The van der Waals surface area contributed by atoms with E-state index in [9.17, 15) is 24.0 Å². The van der Waals surface area contributed by atoms with Crippen LogP contribution < -0.4 is 22.9 Å². The highest BCUT2D eigenvalue weighted by atomic mass is 32.2. The lowest BCUT2D eigenvalue weighted by molar-refractivity contribution is -0.139. The van der Waals surface area contributed by atoms with E-state index in [0.717, 1.165) is 81.4 Å². The van der Waals surface area contributed by atoms with Crippen molar-refractivity contribution in [2.45, 2.75) is 142 Å². The molecule has 0 radical (unpaired) electrons. The van der Waals surface area contributed by atoms with Crippen molar-refractivity contribution < 1.29 is 63.7 Å². The minimum Gasteiger partial charge on any atom is -0.480 e. The van der Waals surface area contributed by atoms with E-state index in [-0.39, 0.29) is 25.2 Å². The van der Waals surface area contributed by atoms with Gasteiger partial charge in [0.25, 0.3) is 0 Å². The van der Waals surface area contributed by atoms with E-state index in [1.807, 2.05) is 128 Å². The Bertz CT molecular complexity index is 2390. The normalized spacial score (nSPS) is 11.7. The molecule has 81 heavy (non-hydrogen) atoms. The topological polar surface area (TPSA) is 357 Å². The van der Waals surface area contributed by atoms with Crippen LogP contribution in [0.4, 0.5) is 0 Å². The maximum absolute atomic E-state index is 11.9. The van der Waals surface area contributed by atoms with Crippen LogP contribution in [-0.4, -0.2) is 129 Å². The molecule has 0 aliphatic rings. The zero-order chi connectivity index (χ0) is 60.7. The van der Waals surface area contributed by atoms with Gasteiger partial charge in [0, 0.05) is 22.6 Å². The lowest BCUT2D eigenvalue weighted by Crippen LogP contribution is -2.32. The second kappa shape index (κ2) is 41.5. The predicted octanol–water partition coefficient (Wildman–Crippen LogP) is 7.74. The van der Waals surface area contributed by atoms with Gasteiger partial charge in [0.05, 0.1) is 22.8 Å². The Balaban J connectivity index is 0.000000540. The predicted molar refractivity (Wildman–Crippen MR) is 318 cm³/mol. The van der Waals surface area contributed by atoms with Crippen molar-refractivity contribution >= 4 is 64.3 Å². The summed E-state index contributed by atoms with van der Waals surface area (Å²) < 4.78 is 0. The van der Waals surface area contributed by atoms with Crippen molar-refractivity contribution in [3.8, 4) is 0 Å². The highest BCUT2D eigenvalue weighted by molar-refractivity contribution is 7.99. The van der Waals surface area contributed by atoms with Crippen molar-refractivity contribution in [1.82, 2.24) is 0 Å². The molecule has 0 saturated heterocycles. The first-order valence-corrected chi connectivity index (χ1v) is 27.3. The molecule has 0 amide bonds. The number of nitrogens with two attached hydrogens (primary N) is 4. The van der Waals surface area contributed by atoms with Crippen molar-refractivity contribution in [2.75, 3.05) is 32.2 Å². The smallest absolute Gasteiger partial charge is 0.320 e. The summed E-state index contributed by atoms with van der Waals surface area (Å²) in [5.74, 6) is -3.21. The zero-order valence-electron chi connectivity index (χ0n) is 47.9. The molecule has 0 aliphatic carbocycles. The van der Waals surface area contributed by atoms with E-state index in [4.69, 9.17) is 62.7 Å². The van der Waals surface area contributed by atoms with Crippen molar-refractivity contribution in [1.29, 1.82) is 0 Å². The summed E-state index contributed by atoms with van der Waals surface area (Å²) in [7, 11) is 0. The van der Waals surface area contributed by atoms with Gasteiger partial charge < -0.3 is 62.7 Å². The second-order valence-electron chi connectivity index (χ2n) is 19.3. The number of aryl methyl sites for hydroxylation is 2. The maximum atomic E-state index is 11.9. The number of rotatable bonds is 32. The standard InChI is InChI=1S/C15H20N2O4.2C15H22N2O3.C14H20N2O3S/c1-10(2)17-21-8-7-14(18)12-5-3-11(4-6-12)9-13(16)15(19)20;2*1-11(2)17-20-9-3-4-12-5-7-13(8-6-12)10-14(16)15(18)19;1-10(2)16-19-7-8-20-12-5-3-11(4-6-12)9-13(15)14(17)18/h3-6,13H,7-9,16H2,1-2H3,(H,19,20);2*5-8,14H,3-4,9-10,16H2,1-2H3,(H,18,19);3-6,13H,7-9,15H2,1-2H3,(H,17,18). The fraction of sp³-hybridized carbons (Fsp3) is 0.441. The number of thioether (sulfide) groups is 1. The van der Waals surface area contributed by atoms with Crippen LogP contribution in [-0.2, 0) is 77.1 Å². The highest BCUT2D eigenvalue weighted by Gasteiger charge is 2.15. The number of nitrogens with zero attached hydrogens (tertiary/aromatic N) is 4. The SMILES string of the molecule is CC(C)=NOCCC(=O)c1ccc(CC(N)C(=O)O)cc1.CC(C)=NOCCCc1ccc(CC(N)C(=O)O)cc1.CC(C)=NOCCCc1ccc(CC(N)C(=O)O)cc1.CC(C)=NOCCSc1ccc(CC(N)C(=O)O)cc1. The van der Waals surface area contributed by atoms with E-state index < -0.39 is 48.0 Å². The van der Waals surface area contributed by atoms with Gasteiger partial charge in [-0.15, -0.1) is 11.8 Å². The number of Topliss-reactive ketones (excluding diaryl/α,β-unsaturated/α-hetero) is 1. The summed E-state index contributed by atoms with van der Waals surface area (Å²) in [5.41, 5.74) is 32.0. The van der Waals surface area contributed by atoms with Crippen LogP contribution in [0.5, 0.6) is 0 Å². The van der Waals surface area contributed by atoms with Crippen LogP contribution in [0.2, 0.25) is 0 Å². The van der Waals surface area contributed by atoms with Crippen LogP contribution in [0.3, 0.4) is 0 Å². The number of aliphatic carboxylic acids is 4. The molecule has 0 aliphatic heterocycles. The molecular formula is C59H84N8O13S. The number of ketones is 1. The Morgan fingerprint density at radius 3 is 0.988 bits per heavy atom. The van der Waals surface area contributed by atoms with Crippen LogP contribution in [0.15, 0.2) is 123 Å². The number of benzene rings is 4. The van der Waals surface area contributed by atoms with Gasteiger partial charge in [0.2, 0.25) is 0 Å². The van der Waals surface area contributed by atoms with Gasteiger partial charge >= 0.3 is 23.9 Å². The minimum absolute atomic E-state index is 0.0481. The number of hydrogen-bond acceptors (Lipinski definition) is 18. The molecule has 4 aromatic carbocycles. The number of hydrogen-bond donors (Lipinski definition) is 8. The average Bonchev–Trinajstić information content (AvgIpc) is 3.41. The molecule has 0 aromatic heterocycles. The minimum atomic E-state index is -1.04. The van der Waals surface area contributed by atoms with Gasteiger partial charge in [0.1, 0.15) is 50.6 Å². The summed E-state index contributed by atoms with van der Waals surface area (Å²) in [6.07, 6.45) is 5.12. The quantitative estimate of drug-likeness (QED) is 0.00761. The van der Waals surface area contributed by atoms with Crippen LogP contribution in [0.25, 0.3) is 0 Å². The summed E-state index contributed by atoms with van der Waals surface area (Å²) >= 11 is 1.66. The van der Waals surface area contributed by atoms with Crippen LogP contribution in [0, 0.1) is 0 Å². The first-order chi connectivity index (χ1) is 38.4. The zero-order valence-corrected chi connectivity index (χ0v) is 48.7. The molecule has 22 heteroatoms. The summed E-state index contributed by atoms with van der Waals surface area (Å²) in [6, 6.07) is 26.7. The van der Waals surface area contributed by atoms with Gasteiger partial charge in [-0.2, -0.15) is 0 Å². The molecule has 4 aromatic rings. The van der Waals surface area contributed by atoms with Gasteiger partial charge in [-0.25, -0.2) is 0 Å². The fourth-order valence-corrected chi connectivity index (χ4v) is 7.18. The van der Waals surface area contributed by atoms with Gasteiger partial charge in [0.15, 0.2) is 5.78 Å². The Labute approximate surface area is 480 Å². The van der Waals surface area contributed by atoms with E-state index in [0.29, 0.717) is 44.6 Å². The Kier molecular flexibility index (Phi) is 36.6. The summed E-state index contributed by atoms with van der Waals surface area (Å²) in [5, 5.41) is 50.3. The molecule has 0 saturated carbocycles. The lowest BCUT2D eigenvalue weighted by Gasteiger charge is -2.07. The number of carbonyl (C=O) groups is 5. The summed E-state index contributed by atoms with van der Waals surface area (Å²) in [6.45, 7) is 16.9. The molecular weight excluding hydrogens is 1060 g/mol. The Morgan fingerprint density at radius 1 is 0.407 bits per heavy atom. The number of carboxylic acids is 4. The highest BCUT2D eigenvalue weighted by Crippen LogP contribution is 2.19. The number of oxime groups is 4.